The Hall–Kier alpha value is -3.63. The highest BCUT2D eigenvalue weighted by Gasteiger charge is 2.29. The van der Waals surface area contributed by atoms with E-state index in [0.29, 0.717) is 11.9 Å². The summed E-state index contributed by atoms with van der Waals surface area (Å²) < 4.78 is 7.98. The summed E-state index contributed by atoms with van der Waals surface area (Å²) in [7, 11) is 3.76. The maximum Gasteiger partial charge on any atom is 0.308 e. The van der Waals surface area contributed by atoms with Crippen molar-refractivity contribution in [3.05, 3.63) is 25.3 Å². The zero-order valence-electron chi connectivity index (χ0n) is 19.9. The third-order valence-electron chi connectivity index (χ3n) is 5.46. The molecule has 0 aromatic carbocycles. The predicted molar refractivity (Wildman–Crippen MR) is 130 cm³/mol. The fraction of sp³-hybridized carbons (Fsp3) is 0.500. The Bertz CT molecular complexity index is 1340. The van der Waals surface area contributed by atoms with E-state index in [2.05, 4.69) is 64.2 Å². The Morgan fingerprint density at radius 2 is 1.79 bits per heavy atom. The molecule has 0 atom stereocenters. The fourth-order valence-electron chi connectivity index (χ4n) is 3.68. The van der Waals surface area contributed by atoms with Gasteiger partial charge in [0.1, 0.15) is 0 Å². The van der Waals surface area contributed by atoms with Gasteiger partial charge in [0.15, 0.2) is 29.8 Å². The minimum absolute atomic E-state index is 0. The second-order valence-corrected chi connectivity index (χ2v) is 9.23. The van der Waals surface area contributed by atoms with Gasteiger partial charge in [0.05, 0.1) is 19.4 Å². The van der Waals surface area contributed by atoms with Crippen LogP contribution >= 0.6 is 0 Å². The quantitative estimate of drug-likeness (QED) is 0.442. The van der Waals surface area contributed by atoms with E-state index in [4.69, 9.17) is 5.73 Å². The van der Waals surface area contributed by atoms with Gasteiger partial charge in [0, 0.05) is 19.5 Å². The molecule has 0 radical (unpaired) electrons. The Morgan fingerprint density at radius 1 is 1.09 bits per heavy atom. The van der Waals surface area contributed by atoms with Crippen LogP contribution in [-0.2, 0) is 12.6 Å². The Morgan fingerprint density at radius 3 is 2.42 bits per heavy atom. The number of nitrogen functional groups attached to an aromatic ring is 1. The van der Waals surface area contributed by atoms with Crippen molar-refractivity contribution >= 4 is 39.8 Å². The van der Waals surface area contributed by atoms with Crippen molar-refractivity contribution in [2.24, 2.45) is 12.1 Å². The lowest BCUT2D eigenvalue weighted by molar-refractivity contribution is -0.693. The number of hydrogen-bond donors (Lipinski definition) is 1. The predicted octanol–water partition coefficient (Wildman–Crippen LogP) is 2.16. The molecular formula is C22H35N11+2. The lowest BCUT2D eigenvalue weighted by Gasteiger charge is -2.19. The molecule has 5 heterocycles. The van der Waals surface area contributed by atoms with Crippen molar-refractivity contribution in [2.45, 2.75) is 60.5 Å². The van der Waals surface area contributed by atoms with Crippen LogP contribution in [0.25, 0.3) is 22.3 Å². The molecule has 0 aliphatic carbocycles. The molecule has 5 rings (SSSR count). The molecule has 11 nitrogen and oxygen atoms in total. The molecule has 0 spiro atoms. The number of fused-ring (bicyclic) bond motifs is 1. The first-order valence-corrected chi connectivity index (χ1v) is 10.5. The number of hydrazone groups is 1. The molecule has 0 bridgehead atoms. The fourth-order valence-corrected chi connectivity index (χ4v) is 3.68. The first kappa shape index (κ1) is 24.0. The van der Waals surface area contributed by atoms with Crippen LogP contribution in [0.3, 0.4) is 0 Å². The number of nitrogens with two attached hydrogens (primary N) is 1. The van der Waals surface area contributed by atoms with Crippen LogP contribution in [0.15, 0.2) is 30.4 Å². The minimum Gasteiger partial charge on any atom is -0.317 e. The zero-order chi connectivity index (χ0) is 23.4. The van der Waals surface area contributed by atoms with E-state index in [9.17, 15) is 0 Å². The van der Waals surface area contributed by atoms with Gasteiger partial charge in [-0.3, -0.25) is 4.57 Å². The van der Waals surface area contributed by atoms with E-state index in [0.717, 1.165) is 34.0 Å². The number of anilines is 2. The summed E-state index contributed by atoms with van der Waals surface area (Å²) in [4.78, 5) is 17.3. The van der Waals surface area contributed by atoms with E-state index >= 15 is 0 Å². The SMILES string of the molecule is C.CC1=NN(C)c2ncnc3c2n1c[n+]3C(C)C.C[n+]1cnc2c(ncn2C(C)(C)C)c1N. The number of aromatic nitrogens is 8. The summed E-state index contributed by atoms with van der Waals surface area (Å²) in [6, 6.07) is 0.359. The molecule has 0 amide bonds. The van der Waals surface area contributed by atoms with E-state index in [1.54, 1.807) is 28.6 Å². The summed E-state index contributed by atoms with van der Waals surface area (Å²) >= 11 is 0. The zero-order valence-corrected chi connectivity index (χ0v) is 19.9. The maximum atomic E-state index is 5.92. The normalized spacial score (nSPS) is 13.1. The molecule has 0 unspecified atom stereocenters. The number of imidazole rings is 2. The number of nitrogens with zero attached hydrogens (tertiary/aromatic N) is 10. The van der Waals surface area contributed by atoms with Gasteiger partial charge in [-0.1, -0.05) is 17.4 Å². The molecule has 0 saturated carbocycles. The van der Waals surface area contributed by atoms with Crippen molar-refractivity contribution in [1.82, 2.24) is 29.1 Å². The van der Waals surface area contributed by atoms with Crippen molar-refractivity contribution in [3.63, 3.8) is 0 Å². The van der Waals surface area contributed by atoms with Crippen LogP contribution < -0.4 is 19.9 Å². The van der Waals surface area contributed by atoms with Gasteiger partial charge in [0.25, 0.3) is 5.82 Å². The lowest BCUT2D eigenvalue weighted by atomic mass is 10.1. The molecule has 4 aromatic heterocycles. The monoisotopic (exact) mass is 453 g/mol. The van der Waals surface area contributed by atoms with Gasteiger partial charge >= 0.3 is 5.65 Å². The van der Waals surface area contributed by atoms with Crippen molar-refractivity contribution in [2.75, 3.05) is 17.8 Å². The lowest BCUT2D eigenvalue weighted by Crippen LogP contribution is -2.35. The van der Waals surface area contributed by atoms with E-state index in [1.165, 1.54) is 0 Å². The van der Waals surface area contributed by atoms with E-state index in [1.807, 2.05) is 36.5 Å². The van der Waals surface area contributed by atoms with Crippen LogP contribution in [-0.4, -0.2) is 42.0 Å². The third kappa shape index (κ3) is 3.98. The summed E-state index contributed by atoms with van der Waals surface area (Å²) in [5.74, 6) is 2.42. The van der Waals surface area contributed by atoms with Crippen LogP contribution in [0.4, 0.5) is 11.6 Å². The molecule has 2 N–H and O–H groups in total. The van der Waals surface area contributed by atoms with Crippen molar-refractivity contribution in [1.29, 1.82) is 0 Å². The molecule has 1 aliphatic heterocycles. The second kappa shape index (κ2) is 8.38. The molecule has 33 heavy (non-hydrogen) atoms. The van der Waals surface area contributed by atoms with E-state index in [-0.39, 0.29) is 13.0 Å². The average molecular weight is 454 g/mol. The third-order valence-corrected chi connectivity index (χ3v) is 5.46. The van der Waals surface area contributed by atoms with Gasteiger partial charge in [-0.2, -0.15) is 4.98 Å². The second-order valence-electron chi connectivity index (χ2n) is 9.23. The molecule has 176 valence electrons. The van der Waals surface area contributed by atoms with Gasteiger partial charge in [-0.15, -0.1) is 5.10 Å². The average Bonchev–Trinajstić information content (AvgIpc) is 3.32. The number of aryl methyl sites for hydroxylation is 1. The van der Waals surface area contributed by atoms with Crippen LogP contribution in [0, 0.1) is 0 Å². The molecular weight excluding hydrogens is 418 g/mol. The highest BCUT2D eigenvalue weighted by atomic mass is 15.5. The summed E-state index contributed by atoms with van der Waals surface area (Å²) in [6.45, 7) is 12.6. The van der Waals surface area contributed by atoms with Gasteiger partial charge in [-0.05, 0) is 34.6 Å². The topological polar surface area (TPSA) is 111 Å². The van der Waals surface area contributed by atoms with E-state index < -0.39 is 0 Å². The van der Waals surface area contributed by atoms with Crippen LogP contribution in [0.2, 0.25) is 0 Å². The summed E-state index contributed by atoms with van der Waals surface area (Å²) in [5.41, 5.74) is 9.45. The smallest absolute Gasteiger partial charge is 0.308 e. The highest BCUT2D eigenvalue weighted by Crippen LogP contribution is 2.25. The molecule has 4 aromatic rings. The Labute approximate surface area is 194 Å². The maximum absolute atomic E-state index is 5.92. The molecule has 11 heteroatoms. The standard InChI is InChI=1S/C11H15N6.C10H15N5.CH4/c1-7(2)16-6-17-8(3)14-15(4)10-9(17)11(16)13-5-12-10;1-10(2,3)15-6-12-7-8(11)14(4)5-13-9(7)15;/h5-7H,1-4H3;5-6,11H,1-4H3;1H4/q+1;;/p+1. The van der Waals surface area contributed by atoms with Gasteiger partial charge < -0.3 is 5.73 Å². The van der Waals surface area contributed by atoms with Crippen molar-refractivity contribution < 1.29 is 9.13 Å². The van der Waals surface area contributed by atoms with Crippen LogP contribution in [0.1, 0.15) is 55.0 Å². The minimum atomic E-state index is -0.0336. The number of rotatable bonds is 1. The highest BCUT2D eigenvalue weighted by molar-refractivity contribution is 5.97. The Balaban J connectivity index is 0.000000182. The molecule has 1 aliphatic rings. The molecule has 0 saturated heterocycles. The first-order chi connectivity index (χ1) is 15.0. The Kier molecular flexibility index (Phi) is 6.10. The number of hydrogen-bond acceptors (Lipinski definition) is 7. The molecule has 0 fully saturated rings. The summed E-state index contributed by atoms with van der Waals surface area (Å²) in [5, 5.41) is 6.23. The first-order valence-electron chi connectivity index (χ1n) is 10.5. The van der Waals surface area contributed by atoms with Crippen molar-refractivity contribution in [3.8, 4) is 0 Å². The van der Waals surface area contributed by atoms with Gasteiger partial charge in [0.2, 0.25) is 17.5 Å². The largest absolute Gasteiger partial charge is 0.317 e. The van der Waals surface area contributed by atoms with Crippen LogP contribution in [0.5, 0.6) is 0 Å². The summed E-state index contributed by atoms with van der Waals surface area (Å²) in [6.07, 6.45) is 7.13. The van der Waals surface area contributed by atoms with Gasteiger partial charge in [-0.25, -0.2) is 23.7 Å².